The third-order valence-corrected chi connectivity index (χ3v) is 5.17. The molecule has 0 bridgehead atoms. The molecule has 2 aromatic carbocycles. The second-order valence-corrected chi connectivity index (χ2v) is 8.71. The third kappa shape index (κ3) is 9.29. The van der Waals surface area contributed by atoms with Gasteiger partial charge in [-0.05, 0) is 50.1 Å². The highest BCUT2D eigenvalue weighted by Gasteiger charge is 2.07. The summed E-state index contributed by atoms with van der Waals surface area (Å²) in [7, 11) is -3.18. The first-order valence-electron chi connectivity index (χ1n) is 9.51. The number of guanidine groups is 1. The molecule has 6 nitrogen and oxygen atoms in total. The highest BCUT2D eigenvalue weighted by molar-refractivity contribution is 14.0. The van der Waals surface area contributed by atoms with Crippen LogP contribution in [0.4, 0.5) is 4.39 Å². The number of hydrogen-bond donors (Lipinski definition) is 2. The van der Waals surface area contributed by atoms with Gasteiger partial charge >= 0.3 is 0 Å². The Kier molecular flexibility index (Phi) is 11.1. The Hall–Kier alpha value is -1.88. The molecular formula is C21H29FIN3O3S. The summed E-state index contributed by atoms with van der Waals surface area (Å²) in [6, 6.07) is 12.9. The Bertz CT molecular complexity index is 921. The lowest BCUT2D eigenvalue weighted by Gasteiger charge is -2.15. The lowest BCUT2D eigenvalue weighted by molar-refractivity contribution is 0.229. The zero-order valence-corrected chi connectivity index (χ0v) is 20.5. The van der Waals surface area contributed by atoms with Gasteiger partial charge in [0.1, 0.15) is 17.7 Å². The van der Waals surface area contributed by atoms with Gasteiger partial charge in [-0.2, -0.15) is 0 Å². The summed E-state index contributed by atoms with van der Waals surface area (Å²) in [5.74, 6) is 0.802. The Labute approximate surface area is 195 Å². The number of sulfone groups is 1. The zero-order valence-electron chi connectivity index (χ0n) is 17.4. The molecule has 0 amide bonds. The van der Waals surface area contributed by atoms with Crippen molar-refractivity contribution >= 4 is 39.8 Å². The monoisotopic (exact) mass is 549 g/mol. The number of benzene rings is 2. The minimum Gasteiger partial charge on any atom is -0.489 e. The van der Waals surface area contributed by atoms with E-state index in [2.05, 4.69) is 15.6 Å². The van der Waals surface area contributed by atoms with E-state index in [0.29, 0.717) is 36.2 Å². The molecule has 0 radical (unpaired) electrons. The van der Waals surface area contributed by atoms with Gasteiger partial charge in [0.25, 0.3) is 0 Å². The summed E-state index contributed by atoms with van der Waals surface area (Å²) in [5.41, 5.74) is 1.03. The molecule has 0 aliphatic carbocycles. The van der Waals surface area contributed by atoms with Crippen molar-refractivity contribution < 1.29 is 17.5 Å². The number of nitrogens with zero attached hydrogens (tertiary/aromatic N) is 1. The summed E-state index contributed by atoms with van der Waals surface area (Å²) >= 11 is 0. The smallest absolute Gasteiger partial charge is 0.191 e. The lowest BCUT2D eigenvalue weighted by atomic mass is 10.1. The van der Waals surface area contributed by atoms with Gasteiger partial charge in [0.05, 0.1) is 11.4 Å². The molecule has 2 N–H and O–H groups in total. The van der Waals surface area contributed by atoms with E-state index in [-0.39, 0.29) is 35.9 Å². The van der Waals surface area contributed by atoms with Crippen LogP contribution in [0.15, 0.2) is 58.4 Å². The normalized spacial score (nSPS) is 12.6. The number of hydrogen-bond acceptors (Lipinski definition) is 4. The number of nitrogens with one attached hydrogen (secondary N) is 2. The van der Waals surface area contributed by atoms with E-state index >= 15 is 0 Å². The van der Waals surface area contributed by atoms with Gasteiger partial charge in [-0.3, -0.25) is 0 Å². The maximum Gasteiger partial charge on any atom is 0.191 e. The van der Waals surface area contributed by atoms with Gasteiger partial charge < -0.3 is 15.4 Å². The van der Waals surface area contributed by atoms with Crippen LogP contribution in [0.5, 0.6) is 5.75 Å². The number of ether oxygens (including phenoxy) is 1. The number of rotatable bonds is 9. The van der Waals surface area contributed by atoms with Crippen molar-refractivity contribution in [2.24, 2.45) is 4.99 Å². The Morgan fingerprint density at radius 2 is 1.87 bits per heavy atom. The van der Waals surface area contributed by atoms with Crippen LogP contribution in [0.25, 0.3) is 0 Å². The molecule has 0 spiro atoms. The first kappa shape index (κ1) is 26.2. The quantitative estimate of drug-likeness (QED) is 0.285. The molecule has 1 atom stereocenters. The summed E-state index contributed by atoms with van der Waals surface area (Å²) in [5, 5.41) is 6.42. The SMILES string of the molecule is CCNC(=NCC(C)Oc1cccc(F)c1)NCCc1ccc(S(C)(=O)=O)cc1.I. The number of aliphatic imine (C=N–C) groups is 1. The van der Waals surface area contributed by atoms with Crippen LogP contribution in [0.3, 0.4) is 0 Å². The van der Waals surface area contributed by atoms with Crippen LogP contribution in [0.1, 0.15) is 19.4 Å². The molecule has 0 saturated heterocycles. The minimum absolute atomic E-state index is 0. The summed E-state index contributed by atoms with van der Waals surface area (Å²) in [6.07, 6.45) is 1.71. The van der Waals surface area contributed by atoms with Crippen molar-refractivity contribution in [3.05, 3.63) is 59.9 Å². The van der Waals surface area contributed by atoms with Gasteiger partial charge in [-0.25, -0.2) is 17.8 Å². The molecular weight excluding hydrogens is 520 g/mol. The molecule has 1 unspecified atom stereocenters. The van der Waals surface area contributed by atoms with Gasteiger partial charge in [0.2, 0.25) is 0 Å². The minimum atomic E-state index is -3.18. The van der Waals surface area contributed by atoms with Crippen molar-refractivity contribution in [1.29, 1.82) is 0 Å². The molecule has 2 rings (SSSR count). The summed E-state index contributed by atoms with van der Waals surface area (Å²) < 4.78 is 41.9. The van der Waals surface area contributed by atoms with Crippen LogP contribution in [0, 0.1) is 5.82 Å². The van der Waals surface area contributed by atoms with Gasteiger partial charge in [-0.15, -0.1) is 24.0 Å². The van der Waals surface area contributed by atoms with Crippen LogP contribution < -0.4 is 15.4 Å². The molecule has 30 heavy (non-hydrogen) atoms. The van der Waals surface area contributed by atoms with Crippen molar-refractivity contribution in [3.8, 4) is 5.75 Å². The highest BCUT2D eigenvalue weighted by atomic mass is 127. The molecule has 166 valence electrons. The van der Waals surface area contributed by atoms with Crippen molar-refractivity contribution in [2.75, 3.05) is 25.9 Å². The Morgan fingerprint density at radius 3 is 2.47 bits per heavy atom. The lowest BCUT2D eigenvalue weighted by Crippen LogP contribution is -2.39. The second-order valence-electron chi connectivity index (χ2n) is 6.70. The average molecular weight is 549 g/mol. The zero-order chi connectivity index (χ0) is 21.3. The van der Waals surface area contributed by atoms with Crippen LogP contribution >= 0.6 is 24.0 Å². The van der Waals surface area contributed by atoms with E-state index in [4.69, 9.17) is 4.74 Å². The molecule has 0 heterocycles. The maximum absolute atomic E-state index is 13.2. The standard InChI is InChI=1S/C21H28FN3O3S.HI/c1-4-23-21(25-15-16(2)28-19-7-5-6-18(22)14-19)24-13-12-17-8-10-20(11-9-17)29(3,26)27;/h5-11,14,16H,4,12-13,15H2,1-3H3,(H2,23,24,25);1H. The van der Waals surface area contributed by atoms with Gasteiger partial charge in [-0.1, -0.05) is 18.2 Å². The van der Waals surface area contributed by atoms with E-state index in [1.54, 1.807) is 24.3 Å². The predicted molar refractivity (Wildman–Crippen MR) is 129 cm³/mol. The van der Waals surface area contributed by atoms with E-state index in [1.165, 1.54) is 18.4 Å². The van der Waals surface area contributed by atoms with E-state index in [9.17, 15) is 12.8 Å². The molecule has 0 aromatic heterocycles. The topological polar surface area (TPSA) is 79.8 Å². The second kappa shape index (κ2) is 12.7. The molecule has 0 aliphatic rings. The van der Waals surface area contributed by atoms with E-state index in [0.717, 1.165) is 12.0 Å². The van der Waals surface area contributed by atoms with Gasteiger partial charge in [0.15, 0.2) is 15.8 Å². The van der Waals surface area contributed by atoms with Gasteiger partial charge in [0, 0.05) is 25.4 Å². The molecule has 0 saturated carbocycles. The molecule has 0 aliphatic heterocycles. The van der Waals surface area contributed by atoms with Crippen molar-refractivity contribution in [3.63, 3.8) is 0 Å². The molecule has 9 heteroatoms. The van der Waals surface area contributed by atoms with E-state index in [1.807, 2.05) is 26.0 Å². The van der Waals surface area contributed by atoms with Crippen molar-refractivity contribution in [2.45, 2.75) is 31.3 Å². The number of halogens is 2. The van der Waals surface area contributed by atoms with E-state index < -0.39 is 9.84 Å². The van der Waals surface area contributed by atoms with Crippen LogP contribution in [0.2, 0.25) is 0 Å². The summed E-state index contributed by atoms with van der Waals surface area (Å²) in [6.45, 7) is 5.63. The van der Waals surface area contributed by atoms with Crippen LogP contribution in [-0.4, -0.2) is 46.4 Å². The largest absolute Gasteiger partial charge is 0.489 e. The fourth-order valence-corrected chi connectivity index (χ4v) is 3.23. The van der Waals surface area contributed by atoms with Crippen molar-refractivity contribution in [1.82, 2.24) is 10.6 Å². The van der Waals surface area contributed by atoms with Crippen LogP contribution in [-0.2, 0) is 16.3 Å². The highest BCUT2D eigenvalue weighted by Crippen LogP contribution is 2.14. The first-order valence-corrected chi connectivity index (χ1v) is 11.4. The fourth-order valence-electron chi connectivity index (χ4n) is 2.60. The Morgan fingerprint density at radius 1 is 1.17 bits per heavy atom. The molecule has 2 aromatic rings. The summed E-state index contributed by atoms with van der Waals surface area (Å²) in [4.78, 5) is 4.82. The average Bonchev–Trinajstić information content (AvgIpc) is 2.66. The third-order valence-electron chi connectivity index (χ3n) is 4.04. The first-order chi connectivity index (χ1) is 13.8. The Balaban J connectivity index is 0.00000450. The maximum atomic E-state index is 13.2. The molecule has 0 fully saturated rings. The fraction of sp³-hybridized carbons (Fsp3) is 0.381. The predicted octanol–water partition coefficient (Wildman–Crippen LogP) is 3.41.